The fraction of sp³-hybridized carbons (Fsp3) is 0.400. The molecule has 0 atom stereocenters. The molecule has 154 valence electrons. The number of hydrogen-bond donors (Lipinski definition) is 0. The highest BCUT2D eigenvalue weighted by molar-refractivity contribution is 7.89. The number of aryl methyl sites for hydroxylation is 4. The molecule has 9 heteroatoms. The molecule has 4 rings (SSSR count). The first-order valence-electron chi connectivity index (χ1n) is 9.57. The van der Waals surface area contributed by atoms with Crippen molar-refractivity contribution >= 4 is 21.2 Å². The van der Waals surface area contributed by atoms with Gasteiger partial charge in [0.05, 0.1) is 0 Å². The first-order valence-corrected chi connectivity index (χ1v) is 11.0. The van der Waals surface area contributed by atoms with E-state index in [2.05, 4.69) is 42.0 Å². The number of piperazine rings is 1. The van der Waals surface area contributed by atoms with Crippen molar-refractivity contribution < 1.29 is 8.42 Å². The molecule has 0 N–H and O–H groups in total. The van der Waals surface area contributed by atoms with E-state index < -0.39 is 10.0 Å². The van der Waals surface area contributed by atoms with Crippen molar-refractivity contribution in [2.75, 3.05) is 31.1 Å². The predicted octanol–water partition coefficient (Wildman–Crippen LogP) is 1.47. The summed E-state index contributed by atoms with van der Waals surface area (Å²) in [7, 11) is -2.13. The molecule has 0 spiro atoms. The number of hydrogen-bond acceptors (Lipinski definition) is 5. The van der Waals surface area contributed by atoms with Gasteiger partial charge in [0, 0.05) is 45.1 Å². The zero-order valence-corrected chi connectivity index (χ0v) is 17.9. The fourth-order valence-corrected chi connectivity index (χ4v) is 5.31. The third-order valence-corrected chi connectivity index (χ3v) is 7.40. The zero-order chi connectivity index (χ0) is 20.9. The highest BCUT2D eigenvalue weighted by Crippen LogP contribution is 2.25. The summed E-state index contributed by atoms with van der Waals surface area (Å²) in [6.07, 6.45) is 1.49. The van der Waals surface area contributed by atoms with Gasteiger partial charge in [0.2, 0.25) is 10.0 Å². The minimum Gasteiger partial charge on any atom is -0.369 e. The Hall–Kier alpha value is -2.65. The quantitative estimate of drug-likeness (QED) is 0.647. The summed E-state index contributed by atoms with van der Waals surface area (Å²) in [5.41, 5.74) is 3.52. The van der Waals surface area contributed by atoms with Crippen molar-refractivity contribution in [2.24, 2.45) is 7.05 Å². The molecular formula is C20H25N5O3S. The van der Waals surface area contributed by atoms with Crippen LogP contribution in [0.4, 0.5) is 5.69 Å². The van der Waals surface area contributed by atoms with Crippen LogP contribution >= 0.6 is 0 Å². The maximum absolute atomic E-state index is 13.2. The molecule has 0 radical (unpaired) electrons. The Morgan fingerprint density at radius 2 is 1.69 bits per heavy atom. The van der Waals surface area contributed by atoms with Gasteiger partial charge >= 0.3 is 0 Å². The topological polar surface area (TPSA) is 79.9 Å². The molecule has 1 saturated heterocycles. The summed E-state index contributed by atoms with van der Waals surface area (Å²) < 4.78 is 30.7. The monoisotopic (exact) mass is 415 g/mol. The maximum atomic E-state index is 13.2. The van der Waals surface area contributed by atoms with Crippen molar-refractivity contribution in [2.45, 2.75) is 25.7 Å². The summed E-state index contributed by atoms with van der Waals surface area (Å²) in [5.74, 6) is 0.559. The van der Waals surface area contributed by atoms with E-state index in [4.69, 9.17) is 0 Å². The van der Waals surface area contributed by atoms with Crippen LogP contribution in [0.25, 0.3) is 5.52 Å². The Balaban J connectivity index is 1.60. The van der Waals surface area contributed by atoms with Gasteiger partial charge in [-0.3, -0.25) is 9.20 Å². The summed E-state index contributed by atoms with van der Waals surface area (Å²) in [4.78, 5) is 14.7. The van der Waals surface area contributed by atoms with E-state index in [1.54, 1.807) is 18.4 Å². The van der Waals surface area contributed by atoms with E-state index in [1.165, 1.54) is 32.4 Å². The second-order valence-corrected chi connectivity index (χ2v) is 9.53. The van der Waals surface area contributed by atoms with Crippen LogP contribution in [0.15, 0.2) is 40.2 Å². The Morgan fingerprint density at radius 3 is 2.38 bits per heavy atom. The van der Waals surface area contributed by atoms with E-state index in [0.29, 0.717) is 37.5 Å². The number of anilines is 1. The van der Waals surface area contributed by atoms with Crippen molar-refractivity contribution in [1.29, 1.82) is 0 Å². The van der Waals surface area contributed by atoms with Gasteiger partial charge in [-0.05, 0) is 44.0 Å². The van der Waals surface area contributed by atoms with Crippen LogP contribution < -0.4 is 10.5 Å². The Labute approximate surface area is 170 Å². The average molecular weight is 416 g/mol. The van der Waals surface area contributed by atoms with E-state index in [-0.39, 0.29) is 10.5 Å². The fourth-order valence-electron chi connectivity index (χ4n) is 3.87. The third-order valence-electron chi connectivity index (χ3n) is 5.53. The van der Waals surface area contributed by atoms with E-state index in [0.717, 1.165) is 5.69 Å². The van der Waals surface area contributed by atoms with Gasteiger partial charge in [0.25, 0.3) is 5.56 Å². The second-order valence-electron chi connectivity index (χ2n) is 7.59. The van der Waals surface area contributed by atoms with E-state index in [1.807, 2.05) is 0 Å². The molecule has 0 aliphatic carbocycles. The number of benzene rings is 1. The van der Waals surface area contributed by atoms with Gasteiger partial charge in [-0.1, -0.05) is 12.1 Å². The van der Waals surface area contributed by atoms with Crippen molar-refractivity contribution in [3.8, 4) is 0 Å². The molecule has 3 heterocycles. The highest BCUT2D eigenvalue weighted by Gasteiger charge is 2.30. The Kier molecular flexibility index (Phi) is 4.74. The van der Waals surface area contributed by atoms with Crippen LogP contribution in [-0.4, -0.2) is 53.1 Å². The third kappa shape index (κ3) is 3.34. The van der Waals surface area contributed by atoms with Gasteiger partial charge in [0.1, 0.15) is 16.2 Å². The second kappa shape index (κ2) is 7.00. The largest absolute Gasteiger partial charge is 0.369 e. The molecule has 1 aliphatic rings. The van der Waals surface area contributed by atoms with Gasteiger partial charge in [-0.15, -0.1) is 0 Å². The highest BCUT2D eigenvalue weighted by atomic mass is 32.2. The molecule has 0 unspecified atom stereocenters. The van der Waals surface area contributed by atoms with E-state index >= 15 is 0 Å². The van der Waals surface area contributed by atoms with E-state index in [9.17, 15) is 13.2 Å². The molecule has 0 saturated carbocycles. The number of rotatable bonds is 3. The standard InChI is InChI=1S/C20H25N5O3S/c1-14-5-6-15(2)18(11-14)23-7-9-24(10-8-23)29(27,28)17-12-19-20(26)22(4)21-16(3)25(19)13-17/h5-6,11-13H,7-10H2,1-4H3. The predicted molar refractivity (Wildman–Crippen MR) is 112 cm³/mol. The Bertz CT molecular complexity index is 1250. The summed E-state index contributed by atoms with van der Waals surface area (Å²) in [5, 5.41) is 4.12. The van der Waals surface area contributed by atoms with Gasteiger partial charge in [0.15, 0.2) is 0 Å². The average Bonchev–Trinajstić information content (AvgIpc) is 3.15. The van der Waals surface area contributed by atoms with Crippen LogP contribution in [0.1, 0.15) is 17.0 Å². The molecule has 2 aromatic heterocycles. The van der Waals surface area contributed by atoms with Crippen LogP contribution in [0.2, 0.25) is 0 Å². The summed E-state index contributed by atoms with van der Waals surface area (Å²) >= 11 is 0. The molecule has 8 nitrogen and oxygen atoms in total. The lowest BCUT2D eigenvalue weighted by Gasteiger charge is -2.36. The minimum absolute atomic E-state index is 0.130. The lowest BCUT2D eigenvalue weighted by Crippen LogP contribution is -2.48. The normalized spacial score (nSPS) is 15.9. The zero-order valence-electron chi connectivity index (χ0n) is 17.1. The smallest absolute Gasteiger partial charge is 0.290 e. The van der Waals surface area contributed by atoms with Crippen molar-refractivity contribution in [3.05, 3.63) is 57.8 Å². The lowest BCUT2D eigenvalue weighted by molar-refractivity contribution is 0.385. The van der Waals surface area contributed by atoms with Crippen LogP contribution in [0.5, 0.6) is 0 Å². The molecule has 1 aromatic carbocycles. The number of fused-ring (bicyclic) bond motifs is 1. The first-order chi connectivity index (χ1) is 13.7. The minimum atomic E-state index is -3.68. The van der Waals surface area contributed by atoms with Gasteiger partial charge in [-0.2, -0.15) is 9.40 Å². The van der Waals surface area contributed by atoms with Gasteiger partial charge < -0.3 is 4.90 Å². The lowest BCUT2D eigenvalue weighted by atomic mass is 10.1. The molecule has 0 amide bonds. The number of sulfonamides is 1. The summed E-state index contributed by atoms with van der Waals surface area (Å²) in [6.45, 7) is 7.92. The van der Waals surface area contributed by atoms with Crippen LogP contribution in [0.3, 0.4) is 0 Å². The molecule has 0 bridgehead atoms. The molecule has 29 heavy (non-hydrogen) atoms. The molecule has 3 aromatic rings. The SMILES string of the molecule is Cc1ccc(C)c(N2CCN(S(=O)(=O)c3cc4c(=O)n(C)nc(C)n4c3)CC2)c1. The molecular weight excluding hydrogens is 390 g/mol. The molecule has 1 aliphatic heterocycles. The first kappa shape index (κ1) is 19.7. The van der Waals surface area contributed by atoms with Crippen LogP contribution in [-0.2, 0) is 17.1 Å². The van der Waals surface area contributed by atoms with Crippen molar-refractivity contribution in [3.63, 3.8) is 0 Å². The number of aromatic nitrogens is 3. The van der Waals surface area contributed by atoms with Gasteiger partial charge in [-0.25, -0.2) is 13.1 Å². The van der Waals surface area contributed by atoms with Crippen molar-refractivity contribution in [1.82, 2.24) is 18.5 Å². The maximum Gasteiger partial charge on any atom is 0.290 e. The summed E-state index contributed by atoms with van der Waals surface area (Å²) in [6, 6.07) is 7.77. The van der Waals surface area contributed by atoms with Crippen LogP contribution in [0, 0.1) is 20.8 Å². The number of nitrogens with zero attached hydrogens (tertiary/aromatic N) is 5. The Morgan fingerprint density at radius 1 is 1.00 bits per heavy atom. The molecule has 1 fully saturated rings.